The first kappa shape index (κ1) is 11.3. The van der Waals surface area contributed by atoms with Gasteiger partial charge in [0.1, 0.15) is 0 Å². The van der Waals surface area contributed by atoms with E-state index in [1.807, 2.05) is 11.7 Å². The van der Waals surface area contributed by atoms with E-state index in [0.29, 0.717) is 6.04 Å². The van der Waals surface area contributed by atoms with Crippen LogP contribution in [0.3, 0.4) is 0 Å². The van der Waals surface area contributed by atoms with Crippen LogP contribution >= 0.6 is 0 Å². The van der Waals surface area contributed by atoms with Crippen LogP contribution in [0.25, 0.3) is 0 Å². The summed E-state index contributed by atoms with van der Waals surface area (Å²) >= 11 is 0. The van der Waals surface area contributed by atoms with E-state index in [4.69, 9.17) is 0 Å². The molecular weight excluding hydrogens is 210 g/mol. The zero-order chi connectivity index (χ0) is 11.8. The Hall–Kier alpha value is -0.830. The van der Waals surface area contributed by atoms with Gasteiger partial charge in [-0.25, -0.2) is 0 Å². The average Bonchev–Trinajstić information content (AvgIpc) is 2.74. The minimum Gasteiger partial charge on any atom is -0.308 e. The molecule has 0 amide bonds. The van der Waals surface area contributed by atoms with Gasteiger partial charge in [-0.3, -0.25) is 4.68 Å². The number of fused-ring (bicyclic) bond motifs is 1. The van der Waals surface area contributed by atoms with Crippen LogP contribution in [0.1, 0.15) is 44.3 Å². The number of aromatic nitrogens is 2. The third kappa shape index (κ3) is 2.25. The van der Waals surface area contributed by atoms with Crippen molar-refractivity contribution in [2.24, 2.45) is 24.8 Å². The first-order valence-corrected chi connectivity index (χ1v) is 7.01. The van der Waals surface area contributed by atoms with Crippen molar-refractivity contribution < 1.29 is 0 Å². The summed E-state index contributed by atoms with van der Waals surface area (Å²) in [6.07, 6.45) is 7.60. The molecule has 1 N–H and O–H groups in total. The molecule has 3 heteroatoms. The van der Waals surface area contributed by atoms with E-state index in [1.54, 1.807) is 0 Å². The van der Waals surface area contributed by atoms with Crippen LogP contribution in [0.15, 0.2) is 12.3 Å². The van der Waals surface area contributed by atoms with E-state index in [1.165, 1.54) is 31.4 Å². The van der Waals surface area contributed by atoms with Crippen molar-refractivity contribution >= 4 is 0 Å². The Morgan fingerprint density at radius 3 is 2.76 bits per heavy atom. The van der Waals surface area contributed by atoms with Gasteiger partial charge < -0.3 is 5.32 Å². The highest BCUT2D eigenvalue weighted by Gasteiger charge is 2.48. The van der Waals surface area contributed by atoms with E-state index >= 15 is 0 Å². The molecule has 0 bridgehead atoms. The number of hydrogen-bond donors (Lipinski definition) is 1. The molecule has 2 aliphatic rings. The molecule has 3 unspecified atom stereocenters. The lowest BCUT2D eigenvalue weighted by atomic mass is 9.92. The van der Waals surface area contributed by atoms with E-state index in [9.17, 15) is 0 Å². The lowest BCUT2D eigenvalue weighted by molar-refractivity contribution is 0.334. The second-order valence-electron chi connectivity index (χ2n) is 5.83. The van der Waals surface area contributed by atoms with Gasteiger partial charge in [0.25, 0.3) is 0 Å². The summed E-state index contributed by atoms with van der Waals surface area (Å²) in [7, 11) is 2.01. The predicted octanol–water partition coefficient (Wildman–Crippen LogP) is 2.51. The summed E-state index contributed by atoms with van der Waals surface area (Å²) in [4.78, 5) is 0. The Labute approximate surface area is 104 Å². The molecule has 17 heavy (non-hydrogen) atoms. The van der Waals surface area contributed by atoms with E-state index in [-0.39, 0.29) is 0 Å². The highest BCUT2D eigenvalue weighted by atomic mass is 15.3. The molecule has 0 radical (unpaired) electrons. The van der Waals surface area contributed by atoms with Crippen molar-refractivity contribution in [1.29, 1.82) is 0 Å². The second-order valence-corrected chi connectivity index (χ2v) is 5.83. The molecule has 1 aromatic rings. The molecule has 1 aromatic heterocycles. The van der Waals surface area contributed by atoms with Gasteiger partial charge in [-0.15, -0.1) is 0 Å². The topological polar surface area (TPSA) is 29.9 Å². The summed E-state index contributed by atoms with van der Waals surface area (Å²) in [5.74, 6) is 2.92. The number of hydrogen-bond acceptors (Lipinski definition) is 2. The van der Waals surface area contributed by atoms with Crippen LogP contribution < -0.4 is 5.32 Å². The Bertz CT molecular complexity index is 375. The van der Waals surface area contributed by atoms with E-state index in [0.717, 1.165) is 24.3 Å². The van der Waals surface area contributed by atoms with Gasteiger partial charge in [-0.2, -0.15) is 5.10 Å². The van der Waals surface area contributed by atoms with Gasteiger partial charge in [-0.05, 0) is 56.0 Å². The lowest BCUT2D eigenvalue weighted by Crippen LogP contribution is -2.29. The zero-order valence-corrected chi connectivity index (χ0v) is 10.9. The summed E-state index contributed by atoms with van der Waals surface area (Å²) < 4.78 is 1.92. The monoisotopic (exact) mass is 233 g/mol. The van der Waals surface area contributed by atoms with E-state index < -0.39 is 0 Å². The van der Waals surface area contributed by atoms with Crippen LogP contribution in [-0.4, -0.2) is 16.3 Å². The van der Waals surface area contributed by atoms with Crippen LogP contribution in [0.5, 0.6) is 0 Å². The molecule has 2 fully saturated rings. The summed E-state index contributed by atoms with van der Waals surface area (Å²) in [6.45, 7) is 3.33. The molecule has 94 valence electrons. The normalized spacial score (nSPS) is 32.5. The van der Waals surface area contributed by atoms with Crippen LogP contribution in [0.4, 0.5) is 0 Å². The number of nitrogens with zero attached hydrogens (tertiary/aromatic N) is 2. The third-order valence-electron chi connectivity index (χ3n) is 4.42. The van der Waals surface area contributed by atoms with Gasteiger partial charge in [0.05, 0.1) is 11.7 Å². The highest BCUT2D eigenvalue weighted by molar-refractivity contribution is 5.11. The maximum atomic E-state index is 4.60. The summed E-state index contributed by atoms with van der Waals surface area (Å²) in [6, 6.07) is 2.67. The van der Waals surface area contributed by atoms with Gasteiger partial charge in [0, 0.05) is 13.2 Å². The predicted molar refractivity (Wildman–Crippen MR) is 68.6 cm³/mol. The largest absolute Gasteiger partial charge is 0.308 e. The maximum absolute atomic E-state index is 4.60. The van der Waals surface area contributed by atoms with Crippen molar-refractivity contribution in [2.45, 2.75) is 38.6 Å². The Balaban J connectivity index is 1.71. The fourth-order valence-electron chi connectivity index (χ4n) is 3.45. The first-order chi connectivity index (χ1) is 8.28. The van der Waals surface area contributed by atoms with Gasteiger partial charge in [0.2, 0.25) is 0 Å². The SMILES string of the molecule is CCCNC(c1ccn(C)n1)C1CC2CC2C1. The lowest BCUT2D eigenvalue weighted by Gasteiger charge is -2.24. The second kappa shape index (κ2) is 4.45. The van der Waals surface area contributed by atoms with Crippen molar-refractivity contribution in [3.8, 4) is 0 Å². The molecule has 2 saturated carbocycles. The van der Waals surface area contributed by atoms with Gasteiger partial charge >= 0.3 is 0 Å². The first-order valence-electron chi connectivity index (χ1n) is 7.01. The number of nitrogens with one attached hydrogen (secondary N) is 1. The molecule has 0 saturated heterocycles. The maximum Gasteiger partial charge on any atom is 0.0796 e. The van der Waals surface area contributed by atoms with Crippen molar-refractivity contribution in [1.82, 2.24) is 15.1 Å². The molecule has 2 aliphatic carbocycles. The summed E-state index contributed by atoms with van der Waals surface area (Å²) in [5, 5.41) is 8.31. The molecule has 3 atom stereocenters. The average molecular weight is 233 g/mol. The fourth-order valence-corrected chi connectivity index (χ4v) is 3.45. The van der Waals surface area contributed by atoms with Crippen molar-refractivity contribution in [3.05, 3.63) is 18.0 Å². The minimum atomic E-state index is 0.490. The molecular formula is C14H23N3. The van der Waals surface area contributed by atoms with Crippen molar-refractivity contribution in [2.75, 3.05) is 6.54 Å². The standard InChI is InChI=1S/C14H23N3/c1-3-5-15-14(13-4-6-17(2)16-13)12-8-10-7-11(10)9-12/h4,6,10-12,14-15H,3,5,7-9H2,1-2H3. The fraction of sp³-hybridized carbons (Fsp3) is 0.786. The van der Waals surface area contributed by atoms with Gasteiger partial charge in [0.15, 0.2) is 0 Å². The Morgan fingerprint density at radius 2 is 2.18 bits per heavy atom. The molecule has 0 aliphatic heterocycles. The molecule has 1 heterocycles. The number of aryl methyl sites for hydroxylation is 1. The molecule has 3 nitrogen and oxygen atoms in total. The van der Waals surface area contributed by atoms with E-state index in [2.05, 4.69) is 29.6 Å². The molecule has 3 rings (SSSR count). The van der Waals surface area contributed by atoms with Crippen molar-refractivity contribution in [3.63, 3.8) is 0 Å². The minimum absolute atomic E-state index is 0.490. The highest BCUT2D eigenvalue weighted by Crippen LogP contribution is 2.56. The summed E-state index contributed by atoms with van der Waals surface area (Å²) in [5.41, 5.74) is 1.24. The molecule has 0 spiro atoms. The van der Waals surface area contributed by atoms with Gasteiger partial charge in [-0.1, -0.05) is 6.92 Å². The van der Waals surface area contributed by atoms with Crippen LogP contribution in [-0.2, 0) is 7.05 Å². The Morgan fingerprint density at radius 1 is 1.41 bits per heavy atom. The third-order valence-corrected chi connectivity index (χ3v) is 4.42. The molecule has 0 aromatic carbocycles. The quantitative estimate of drug-likeness (QED) is 0.847. The smallest absolute Gasteiger partial charge is 0.0796 e. The van der Waals surface area contributed by atoms with Crippen LogP contribution in [0, 0.1) is 17.8 Å². The zero-order valence-electron chi connectivity index (χ0n) is 10.9. The number of rotatable bonds is 5. The van der Waals surface area contributed by atoms with Crippen LogP contribution in [0.2, 0.25) is 0 Å². The Kier molecular flexibility index (Phi) is 2.95.